The molecule has 0 amide bonds. The number of hydrogen-bond acceptors (Lipinski definition) is 9. The molecule has 3 aliphatic heterocycles. The molecule has 2 N–H and O–H groups in total. The van der Waals surface area contributed by atoms with Gasteiger partial charge < -0.3 is 20.1 Å². The van der Waals surface area contributed by atoms with Crippen LogP contribution in [0, 0.1) is 23.0 Å². The van der Waals surface area contributed by atoms with Crippen LogP contribution in [0.15, 0.2) is 12.1 Å². The number of nitriles is 1. The van der Waals surface area contributed by atoms with Crippen LogP contribution in [0.4, 0.5) is 32.8 Å². The van der Waals surface area contributed by atoms with Crippen LogP contribution in [0.25, 0.3) is 32.1 Å². The first-order valence-electron chi connectivity index (χ1n) is 16.3. The van der Waals surface area contributed by atoms with E-state index in [4.69, 9.17) is 26.8 Å². The van der Waals surface area contributed by atoms with Gasteiger partial charge in [0.05, 0.1) is 46.5 Å². The molecule has 2 saturated heterocycles. The Bertz CT molecular complexity index is 1890. The number of fused-ring (bicyclic) bond motifs is 2. The molecule has 1 aliphatic carbocycles. The van der Waals surface area contributed by atoms with Crippen molar-refractivity contribution < 1.29 is 31.4 Å². The molecule has 8 rings (SSSR count). The molecular weight excluding hydrogens is 687 g/mol. The summed E-state index contributed by atoms with van der Waals surface area (Å²) in [5.41, 5.74) is 5.53. The summed E-state index contributed by atoms with van der Waals surface area (Å²) < 4.78 is 80.6. The topological polar surface area (TPSA) is 101 Å². The van der Waals surface area contributed by atoms with Crippen molar-refractivity contribution in [3.8, 4) is 29.0 Å². The monoisotopic (exact) mass is 722 g/mol. The normalized spacial score (nSPS) is 17.7. The number of anilines is 2. The fraction of sp³-hybridized carbons (Fsp3) is 0.500. The third-order valence-electron chi connectivity index (χ3n) is 9.69. The van der Waals surface area contributed by atoms with E-state index in [-0.39, 0.29) is 90.6 Å². The molecule has 0 unspecified atom stereocenters. The first kappa shape index (κ1) is 35.2. The average molecular weight is 723 g/mol. The molecule has 5 heterocycles. The first-order chi connectivity index (χ1) is 23.7. The molecule has 262 valence electrons. The second kappa shape index (κ2) is 14.7. The molecule has 3 fully saturated rings. The van der Waals surface area contributed by atoms with E-state index in [1.54, 1.807) is 0 Å². The average Bonchev–Trinajstić information content (AvgIpc) is 3.70. The van der Waals surface area contributed by atoms with Gasteiger partial charge in [0.25, 0.3) is 6.43 Å². The second-order valence-electron chi connectivity index (χ2n) is 12.4. The molecule has 49 heavy (non-hydrogen) atoms. The molecule has 0 radical (unpaired) electrons. The van der Waals surface area contributed by atoms with Gasteiger partial charge in [0, 0.05) is 10.9 Å². The van der Waals surface area contributed by atoms with Gasteiger partial charge in [-0.1, -0.05) is 43.4 Å². The van der Waals surface area contributed by atoms with Crippen LogP contribution < -0.4 is 20.1 Å². The number of aromatic nitrogens is 2. The van der Waals surface area contributed by atoms with Crippen LogP contribution in [0.2, 0.25) is 5.02 Å². The maximum atomic E-state index is 16.8. The van der Waals surface area contributed by atoms with Crippen LogP contribution in [0.3, 0.4) is 0 Å². The molecule has 8 nitrogen and oxygen atoms in total. The van der Waals surface area contributed by atoms with E-state index in [9.17, 15) is 22.8 Å². The van der Waals surface area contributed by atoms with E-state index in [2.05, 4.69) is 14.9 Å². The zero-order chi connectivity index (χ0) is 34.9. The molecule has 0 spiro atoms. The number of halogens is 6. The highest BCUT2D eigenvalue weighted by atomic mass is 35.5. The van der Waals surface area contributed by atoms with Crippen molar-refractivity contribution >= 4 is 54.7 Å². The molecule has 4 aromatic rings. The fourth-order valence-corrected chi connectivity index (χ4v) is 8.31. The Kier molecular flexibility index (Phi) is 10.5. The van der Waals surface area contributed by atoms with Crippen molar-refractivity contribution in [3.63, 3.8) is 0 Å². The molecule has 15 heteroatoms. The highest BCUT2D eigenvalue weighted by Gasteiger charge is 2.45. The van der Waals surface area contributed by atoms with E-state index in [1.807, 2.05) is 6.07 Å². The molecule has 0 bridgehead atoms. The molecule has 1 saturated carbocycles. The van der Waals surface area contributed by atoms with Crippen LogP contribution in [0.5, 0.6) is 11.8 Å². The van der Waals surface area contributed by atoms with E-state index in [0.29, 0.717) is 7.18 Å². The number of alkyl halides is 3. The molecule has 2 aromatic carbocycles. The van der Waals surface area contributed by atoms with Crippen LogP contribution in [-0.4, -0.2) is 73.4 Å². The van der Waals surface area contributed by atoms with Crippen molar-refractivity contribution in [1.82, 2.24) is 14.9 Å². The second-order valence-corrected chi connectivity index (χ2v) is 13.9. The zero-order valence-corrected chi connectivity index (χ0v) is 28.5. The SMILES string of the molecule is C1CCC1.CF.N#Cc1c(N)sc2c(F)ccc(-c3c(Cl)c4c5c(nc(OCC67CCCN6CCC7)nc5c3F)N(CC(F)F)CCO4)c12. The summed E-state index contributed by atoms with van der Waals surface area (Å²) in [6.07, 6.45) is 7.26. The van der Waals surface area contributed by atoms with Crippen molar-refractivity contribution in [3.05, 3.63) is 34.4 Å². The van der Waals surface area contributed by atoms with Gasteiger partial charge >= 0.3 is 6.01 Å². The zero-order valence-electron chi connectivity index (χ0n) is 26.9. The Morgan fingerprint density at radius 2 is 1.76 bits per heavy atom. The van der Waals surface area contributed by atoms with E-state index in [0.717, 1.165) is 56.2 Å². The maximum absolute atomic E-state index is 16.8. The Labute approximate surface area is 289 Å². The van der Waals surface area contributed by atoms with Gasteiger partial charge in [0.2, 0.25) is 0 Å². The summed E-state index contributed by atoms with van der Waals surface area (Å²) in [6.45, 7) is 1.51. The lowest BCUT2D eigenvalue weighted by atomic mass is 9.95. The van der Waals surface area contributed by atoms with Crippen molar-refractivity contribution in [1.29, 1.82) is 5.26 Å². The predicted octanol–water partition coefficient (Wildman–Crippen LogP) is 8.51. The number of ether oxygens (including phenoxy) is 2. The number of hydrogen-bond donors (Lipinski definition) is 1. The van der Waals surface area contributed by atoms with Gasteiger partial charge in [-0.3, -0.25) is 9.29 Å². The number of benzene rings is 2. The van der Waals surface area contributed by atoms with Crippen LogP contribution >= 0.6 is 22.9 Å². The largest absolute Gasteiger partial charge is 0.489 e. The molecule has 2 aromatic heterocycles. The standard InChI is InChI=1S/C29H25ClF4N6O2S.C4H8.CH3F/c30-21-19(14-3-4-16(31)25-18(14)15(11-35)26(36)43-25)22(34)23-20-24(21)41-10-9-39(12-17(32)33)27(20)38-28(37-23)42-13-29-5-1-7-40(29)8-2-6-29;1-2-4-3-1;1-2/h3-4,17H,1-2,5-10,12-13,36H2;1-4H2;1H3. The lowest BCUT2D eigenvalue weighted by molar-refractivity contribution is 0.107. The van der Waals surface area contributed by atoms with Crippen molar-refractivity contribution in [2.45, 2.75) is 63.3 Å². The van der Waals surface area contributed by atoms with Gasteiger partial charge in [-0.05, 0) is 50.4 Å². The minimum atomic E-state index is -2.71. The Hall–Kier alpha value is -3.67. The van der Waals surface area contributed by atoms with E-state index < -0.39 is 24.6 Å². The number of thiophene rings is 1. The number of nitrogen functional groups attached to an aromatic ring is 1. The van der Waals surface area contributed by atoms with Gasteiger partial charge in [0.15, 0.2) is 11.6 Å². The smallest absolute Gasteiger partial charge is 0.319 e. The summed E-state index contributed by atoms with van der Waals surface area (Å²) in [5.74, 6) is -1.52. The molecular formula is C34H36ClF5N6O2S. The predicted molar refractivity (Wildman–Crippen MR) is 182 cm³/mol. The van der Waals surface area contributed by atoms with Gasteiger partial charge in [-0.2, -0.15) is 15.2 Å². The van der Waals surface area contributed by atoms with E-state index >= 15 is 4.39 Å². The summed E-state index contributed by atoms with van der Waals surface area (Å²) in [4.78, 5) is 12.6. The lowest BCUT2D eigenvalue weighted by Gasteiger charge is -2.31. The third kappa shape index (κ3) is 6.41. The molecule has 0 atom stereocenters. The highest BCUT2D eigenvalue weighted by molar-refractivity contribution is 7.23. The quantitative estimate of drug-likeness (QED) is 0.198. The third-order valence-corrected chi connectivity index (χ3v) is 11.1. The minimum Gasteiger partial charge on any atom is -0.489 e. The van der Waals surface area contributed by atoms with Crippen LogP contribution in [-0.2, 0) is 0 Å². The van der Waals surface area contributed by atoms with Crippen molar-refractivity contribution in [2.75, 3.05) is 57.2 Å². The summed E-state index contributed by atoms with van der Waals surface area (Å²) in [7, 11) is 0.500. The summed E-state index contributed by atoms with van der Waals surface area (Å²) in [5, 5.41) is 9.84. The number of nitrogens with two attached hydrogens (primary N) is 1. The minimum absolute atomic E-state index is 0.00178. The van der Waals surface area contributed by atoms with Crippen molar-refractivity contribution in [2.24, 2.45) is 0 Å². The van der Waals surface area contributed by atoms with Gasteiger partial charge in [-0.15, -0.1) is 11.3 Å². The fourth-order valence-electron chi connectivity index (χ4n) is 7.03. The van der Waals surface area contributed by atoms with Crippen LogP contribution in [0.1, 0.15) is 56.9 Å². The van der Waals surface area contributed by atoms with Gasteiger partial charge in [-0.25, -0.2) is 17.6 Å². The number of rotatable bonds is 6. The maximum Gasteiger partial charge on any atom is 0.319 e. The summed E-state index contributed by atoms with van der Waals surface area (Å²) >= 11 is 7.69. The Balaban J connectivity index is 0.000000638. The van der Waals surface area contributed by atoms with E-state index in [1.165, 1.54) is 36.6 Å². The highest BCUT2D eigenvalue weighted by Crippen LogP contribution is 2.51. The molecule has 4 aliphatic rings. The first-order valence-corrected chi connectivity index (χ1v) is 17.5. The lowest BCUT2D eigenvalue weighted by Crippen LogP contribution is -2.43. The van der Waals surface area contributed by atoms with Gasteiger partial charge in [0.1, 0.15) is 41.4 Å². The Morgan fingerprint density at radius 1 is 1.06 bits per heavy atom. The number of nitrogens with zero attached hydrogens (tertiary/aromatic N) is 5. The Morgan fingerprint density at radius 3 is 2.39 bits per heavy atom. The summed E-state index contributed by atoms with van der Waals surface area (Å²) in [6, 6.07) is 4.29.